The fourth-order valence-electron chi connectivity index (χ4n) is 3.15. The lowest BCUT2D eigenvalue weighted by Crippen LogP contribution is -2.47. The first-order valence-corrected chi connectivity index (χ1v) is 11.1. The molecule has 0 aromatic heterocycles. The van der Waals surface area contributed by atoms with E-state index in [1.807, 2.05) is 5.32 Å². The van der Waals surface area contributed by atoms with Crippen LogP contribution in [0.2, 0.25) is 0 Å². The zero-order valence-corrected chi connectivity index (χ0v) is 20.5. The highest BCUT2D eigenvalue weighted by Gasteiger charge is 2.40. The number of allylic oxidation sites excluding steroid dienone is 1. The van der Waals surface area contributed by atoms with Gasteiger partial charge in [0, 0.05) is 4.47 Å². The highest BCUT2D eigenvalue weighted by atomic mass is 79.9. The van der Waals surface area contributed by atoms with Gasteiger partial charge in [-0.3, -0.25) is 9.59 Å². The van der Waals surface area contributed by atoms with Crippen LogP contribution in [0.5, 0.6) is 0 Å². The van der Waals surface area contributed by atoms with Crippen LogP contribution >= 0.6 is 15.9 Å². The van der Waals surface area contributed by atoms with E-state index in [1.54, 1.807) is 0 Å². The summed E-state index contributed by atoms with van der Waals surface area (Å²) in [6.45, 7) is -0.789. The van der Waals surface area contributed by atoms with Gasteiger partial charge in [-0.1, -0.05) is 34.1 Å². The molecule has 38 heavy (non-hydrogen) atoms. The van der Waals surface area contributed by atoms with Crippen LogP contribution in [0.4, 0.5) is 43.9 Å². The molecule has 2 N–H and O–H groups in total. The lowest BCUT2D eigenvalue weighted by molar-refractivity contribution is -0.140. The largest absolute Gasteiger partial charge is 0.417 e. The third-order valence-electron chi connectivity index (χ3n) is 4.88. The molecule has 2 amide bonds. The van der Waals surface area contributed by atoms with Gasteiger partial charge in [-0.05, 0) is 48.4 Å². The molecule has 0 fully saturated rings. The van der Waals surface area contributed by atoms with Crippen molar-refractivity contribution < 1.29 is 53.5 Å². The van der Waals surface area contributed by atoms with Crippen LogP contribution in [0.25, 0.3) is 6.08 Å². The normalized spacial score (nSPS) is 14.3. The van der Waals surface area contributed by atoms with Crippen molar-refractivity contribution in [3.8, 4) is 0 Å². The van der Waals surface area contributed by atoms with E-state index < -0.39 is 76.9 Å². The Balaban J connectivity index is 2.35. The summed E-state index contributed by atoms with van der Waals surface area (Å²) in [6, 6.07) is 2.79. The number of halogens is 11. The van der Waals surface area contributed by atoms with Gasteiger partial charge in [-0.15, -0.1) is 0 Å². The summed E-state index contributed by atoms with van der Waals surface area (Å²) >= 11 is 2.87. The molecule has 0 saturated heterocycles. The van der Waals surface area contributed by atoms with E-state index >= 15 is 0 Å². The number of rotatable bonds is 7. The van der Waals surface area contributed by atoms with Crippen molar-refractivity contribution in [1.82, 2.24) is 10.6 Å². The third-order valence-corrected chi connectivity index (χ3v) is 5.33. The average Bonchev–Trinajstić information content (AvgIpc) is 2.74. The van der Waals surface area contributed by atoms with E-state index in [0.717, 1.165) is 25.1 Å². The zero-order chi connectivity index (χ0) is 29.1. The van der Waals surface area contributed by atoms with Crippen LogP contribution in [0, 0.1) is 5.82 Å². The molecule has 2 aromatic carbocycles. The van der Waals surface area contributed by atoms with Crippen LogP contribution in [0.3, 0.4) is 0 Å². The van der Waals surface area contributed by atoms with Crippen molar-refractivity contribution in [2.75, 3.05) is 6.54 Å². The standard InChI is InChI=1S/C23H17BrF10N2O2/c1-11(19(37)35-10-21(26,27)28)36-20(38)16-4-2-12(6-18(16)23(32,33)34)3-5-17(22(29,30)31)13-7-14(24)9-15(25)8-13/h2-9,11,17H,10H2,1H3,(H,35,37)(H,36,38). The number of hydrogen-bond donors (Lipinski definition) is 2. The van der Waals surface area contributed by atoms with E-state index in [2.05, 4.69) is 15.9 Å². The van der Waals surface area contributed by atoms with E-state index in [0.29, 0.717) is 30.4 Å². The van der Waals surface area contributed by atoms with Gasteiger partial charge in [0.05, 0.1) is 17.0 Å². The van der Waals surface area contributed by atoms with Crippen molar-refractivity contribution >= 4 is 33.8 Å². The minimum Gasteiger partial charge on any atom is -0.345 e. The fraction of sp³-hybridized carbons (Fsp3) is 0.304. The first-order chi connectivity index (χ1) is 17.3. The van der Waals surface area contributed by atoms with Gasteiger partial charge in [0.15, 0.2) is 0 Å². The number of alkyl halides is 9. The molecule has 0 aliphatic heterocycles. The quantitative estimate of drug-likeness (QED) is 0.335. The number of carbonyl (C=O) groups excluding carboxylic acids is 2. The summed E-state index contributed by atoms with van der Waals surface area (Å²) in [5.74, 6) is -6.14. The summed E-state index contributed by atoms with van der Waals surface area (Å²) in [7, 11) is 0. The van der Waals surface area contributed by atoms with Crippen molar-refractivity contribution in [1.29, 1.82) is 0 Å². The summed E-state index contributed by atoms with van der Waals surface area (Å²) in [5, 5.41) is 3.31. The van der Waals surface area contributed by atoms with Crippen molar-refractivity contribution in [3.05, 3.63) is 75.0 Å². The molecule has 2 unspecified atom stereocenters. The second kappa shape index (κ2) is 11.7. The third kappa shape index (κ3) is 9.03. The highest BCUT2D eigenvalue weighted by Crippen LogP contribution is 2.38. The van der Waals surface area contributed by atoms with Crippen molar-refractivity contribution in [2.45, 2.75) is 37.4 Å². The summed E-state index contributed by atoms with van der Waals surface area (Å²) in [5.41, 5.74) is -3.51. The van der Waals surface area contributed by atoms with Gasteiger partial charge < -0.3 is 10.6 Å². The highest BCUT2D eigenvalue weighted by molar-refractivity contribution is 9.10. The molecule has 0 radical (unpaired) electrons. The number of benzene rings is 2. The Morgan fingerprint density at radius 1 is 0.974 bits per heavy atom. The van der Waals surface area contributed by atoms with E-state index in [1.165, 1.54) is 5.32 Å². The molecule has 0 spiro atoms. The van der Waals surface area contributed by atoms with E-state index in [4.69, 9.17) is 0 Å². The van der Waals surface area contributed by atoms with Crippen molar-refractivity contribution in [2.24, 2.45) is 0 Å². The van der Waals surface area contributed by atoms with Gasteiger partial charge in [0.2, 0.25) is 5.91 Å². The number of nitrogens with one attached hydrogen (secondary N) is 2. The fourth-order valence-corrected chi connectivity index (χ4v) is 3.63. The maximum Gasteiger partial charge on any atom is 0.417 e. The second-order valence-electron chi connectivity index (χ2n) is 7.91. The lowest BCUT2D eigenvalue weighted by Gasteiger charge is -2.19. The number of amides is 2. The van der Waals surface area contributed by atoms with Crippen LogP contribution in [0.15, 0.2) is 46.9 Å². The van der Waals surface area contributed by atoms with Gasteiger partial charge in [-0.2, -0.15) is 39.5 Å². The molecule has 208 valence electrons. The Morgan fingerprint density at radius 2 is 1.61 bits per heavy atom. The Morgan fingerprint density at radius 3 is 2.13 bits per heavy atom. The van der Waals surface area contributed by atoms with Gasteiger partial charge in [0.1, 0.15) is 18.4 Å². The molecule has 4 nitrogen and oxygen atoms in total. The Bertz CT molecular complexity index is 1190. The monoisotopic (exact) mass is 622 g/mol. The molecule has 0 heterocycles. The smallest absolute Gasteiger partial charge is 0.345 e. The lowest BCUT2D eigenvalue weighted by atomic mass is 9.96. The molecule has 0 saturated carbocycles. The molecule has 0 bridgehead atoms. The maximum atomic E-state index is 13.6. The summed E-state index contributed by atoms with van der Waals surface area (Å²) < 4.78 is 132. The Kier molecular flexibility index (Phi) is 9.62. The second-order valence-corrected chi connectivity index (χ2v) is 8.83. The van der Waals surface area contributed by atoms with Crippen LogP contribution in [-0.4, -0.2) is 36.8 Å². The van der Waals surface area contributed by atoms with Crippen molar-refractivity contribution in [3.63, 3.8) is 0 Å². The average molecular weight is 623 g/mol. The number of hydrogen-bond acceptors (Lipinski definition) is 2. The Hall–Kier alpha value is -3.10. The van der Waals surface area contributed by atoms with Gasteiger partial charge in [-0.25, -0.2) is 4.39 Å². The predicted octanol–water partition coefficient (Wildman–Crippen LogP) is 6.76. The molecule has 2 atom stereocenters. The molecule has 0 aliphatic rings. The van der Waals surface area contributed by atoms with Crippen LogP contribution < -0.4 is 10.6 Å². The summed E-state index contributed by atoms with van der Waals surface area (Å²) in [4.78, 5) is 24.1. The first kappa shape index (κ1) is 31.1. The molecule has 2 aromatic rings. The van der Waals surface area contributed by atoms with Gasteiger partial charge >= 0.3 is 18.5 Å². The predicted molar refractivity (Wildman–Crippen MR) is 119 cm³/mol. The van der Waals surface area contributed by atoms with Gasteiger partial charge in [0.25, 0.3) is 5.91 Å². The first-order valence-electron chi connectivity index (χ1n) is 10.4. The van der Waals surface area contributed by atoms with Crippen LogP contribution in [-0.2, 0) is 11.0 Å². The van der Waals surface area contributed by atoms with E-state index in [9.17, 15) is 53.5 Å². The SMILES string of the molecule is CC(NC(=O)c1ccc(C=CC(c2cc(F)cc(Br)c2)C(F)(F)F)cc1C(F)(F)F)C(=O)NCC(F)(F)F. The summed E-state index contributed by atoms with van der Waals surface area (Å²) in [6.07, 6.45) is -13.6. The topological polar surface area (TPSA) is 58.2 Å². The van der Waals surface area contributed by atoms with Crippen LogP contribution in [0.1, 0.15) is 39.9 Å². The zero-order valence-electron chi connectivity index (χ0n) is 19.0. The minimum atomic E-state index is -5.17. The number of carbonyl (C=O) groups is 2. The molecule has 0 aliphatic carbocycles. The minimum absolute atomic E-state index is 0.00573. The Labute approximate surface area is 217 Å². The van der Waals surface area contributed by atoms with E-state index in [-0.39, 0.29) is 4.47 Å². The molecule has 15 heteroatoms. The molecular formula is C23H17BrF10N2O2. The molecule has 2 rings (SSSR count). The molecular weight excluding hydrogens is 606 g/mol. The maximum absolute atomic E-state index is 13.6.